The lowest BCUT2D eigenvalue weighted by molar-refractivity contribution is -0.241. The van der Waals surface area contributed by atoms with Crippen LogP contribution in [0, 0.1) is 0 Å². The van der Waals surface area contributed by atoms with Crippen LogP contribution in [0.5, 0.6) is 0 Å². The van der Waals surface area contributed by atoms with Gasteiger partial charge >= 0.3 is 0 Å². The minimum atomic E-state index is -0.695. The van der Waals surface area contributed by atoms with Gasteiger partial charge in [-0.15, -0.1) is 0 Å². The van der Waals surface area contributed by atoms with E-state index in [9.17, 15) is 0 Å². The Balaban J connectivity index is 2.49. The van der Waals surface area contributed by atoms with Crippen molar-refractivity contribution in [1.82, 2.24) is 5.32 Å². The first-order valence-electron chi connectivity index (χ1n) is 5.77. The summed E-state index contributed by atoms with van der Waals surface area (Å²) < 4.78 is 11.1. The maximum absolute atomic E-state index is 5.56. The van der Waals surface area contributed by atoms with E-state index in [2.05, 4.69) is 17.4 Å². The van der Waals surface area contributed by atoms with Crippen LogP contribution in [0.2, 0.25) is 0 Å². The third-order valence-electron chi connectivity index (χ3n) is 2.30. The molecule has 0 heterocycles. The van der Waals surface area contributed by atoms with E-state index in [4.69, 9.17) is 9.47 Å². The molecule has 0 spiro atoms. The molecule has 3 heteroatoms. The number of ether oxygens (including phenoxy) is 2. The summed E-state index contributed by atoms with van der Waals surface area (Å²) in [5.41, 5.74) is 1.22. The van der Waals surface area contributed by atoms with Crippen LogP contribution in [0.25, 0.3) is 0 Å². The van der Waals surface area contributed by atoms with E-state index in [0.29, 0.717) is 13.2 Å². The Kier molecular flexibility index (Phi) is 5.46. The van der Waals surface area contributed by atoms with Crippen molar-refractivity contribution in [1.29, 1.82) is 0 Å². The minimum absolute atomic E-state index is 0.623. The van der Waals surface area contributed by atoms with Crippen molar-refractivity contribution in [3.63, 3.8) is 0 Å². The molecule has 0 radical (unpaired) electrons. The molecule has 0 aliphatic heterocycles. The molecule has 0 aliphatic rings. The van der Waals surface area contributed by atoms with Gasteiger partial charge in [0, 0.05) is 26.7 Å². The predicted molar refractivity (Wildman–Crippen MR) is 64.9 cm³/mol. The molecular formula is C13H21NO2. The van der Waals surface area contributed by atoms with Gasteiger partial charge in [-0.2, -0.15) is 0 Å². The summed E-state index contributed by atoms with van der Waals surface area (Å²) in [6, 6.07) is 10.2. The van der Waals surface area contributed by atoms with Gasteiger partial charge in [-0.3, -0.25) is 5.32 Å². The highest BCUT2D eigenvalue weighted by Crippen LogP contribution is 2.10. The zero-order valence-corrected chi connectivity index (χ0v) is 10.3. The number of rotatable bonds is 7. The fraction of sp³-hybridized carbons (Fsp3) is 0.538. The molecule has 0 saturated heterocycles. The molecule has 90 valence electrons. The van der Waals surface area contributed by atoms with E-state index >= 15 is 0 Å². The van der Waals surface area contributed by atoms with Crippen LogP contribution < -0.4 is 5.32 Å². The maximum atomic E-state index is 5.56. The standard InChI is InChI=1S/C13H21NO2/c1-4-15-13(3,16-5-2)14-11-12-9-7-6-8-10-12/h6-10,14H,4-5,11H2,1-3H3. The first kappa shape index (κ1) is 13.2. The lowest BCUT2D eigenvalue weighted by Crippen LogP contribution is -2.47. The predicted octanol–water partition coefficient (Wildman–Crippen LogP) is 2.52. The smallest absolute Gasteiger partial charge is 0.224 e. The molecule has 16 heavy (non-hydrogen) atoms. The lowest BCUT2D eigenvalue weighted by atomic mass is 10.2. The Labute approximate surface area is 97.8 Å². The van der Waals surface area contributed by atoms with Crippen LogP contribution in [0.1, 0.15) is 26.3 Å². The highest BCUT2D eigenvalue weighted by molar-refractivity contribution is 5.14. The molecule has 0 aromatic heterocycles. The zero-order chi connectivity index (χ0) is 11.9. The van der Waals surface area contributed by atoms with Crippen molar-refractivity contribution in [2.75, 3.05) is 13.2 Å². The third-order valence-corrected chi connectivity index (χ3v) is 2.30. The fourth-order valence-electron chi connectivity index (χ4n) is 1.55. The molecule has 1 aromatic carbocycles. The summed E-state index contributed by atoms with van der Waals surface area (Å²) in [6.45, 7) is 7.81. The molecule has 1 N–H and O–H groups in total. The third kappa shape index (κ3) is 4.31. The minimum Gasteiger partial charge on any atom is -0.338 e. The lowest BCUT2D eigenvalue weighted by Gasteiger charge is -2.30. The number of hydrogen-bond donors (Lipinski definition) is 1. The summed E-state index contributed by atoms with van der Waals surface area (Å²) in [7, 11) is 0. The van der Waals surface area contributed by atoms with Crippen molar-refractivity contribution in [3.8, 4) is 0 Å². The van der Waals surface area contributed by atoms with Gasteiger partial charge in [-0.1, -0.05) is 30.3 Å². The Morgan fingerprint density at radius 2 is 1.62 bits per heavy atom. The van der Waals surface area contributed by atoms with Crippen molar-refractivity contribution < 1.29 is 9.47 Å². The van der Waals surface area contributed by atoms with Crippen LogP contribution in [-0.2, 0) is 16.0 Å². The first-order chi connectivity index (χ1) is 7.70. The second-order valence-corrected chi connectivity index (χ2v) is 3.65. The Bertz CT molecular complexity index is 281. The topological polar surface area (TPSA) is 30.5 Å². The molecule has 0 bridgehead atoms. The second-order valence-electron chi connectivity index (χ2n) is 3.65. The van der Waals surface area contributed by atoms with E-state index in [1.54, 1.807) is 0 Å². The fourth-order valence-corrected chi connectivity index (χ4v) is 1.55. The van der Waals surface area contributed by atoms with Crippen LogP contribution in [0.4, 0.5) is 0 Å². The van der Waals surface area contributed by atoms with Crippen LogP contribution in [0.3, 0.4) is 0 Å². The van der Waals surface area contributed by atoms with Gasteiger partial charge in [0.2, 0.25) is 5.91 Å². The molecule has 3 nitrogen and oxygen atoms in total. The summed E-state index contributed by atoms with van der Waals surface area (Å²) >= 11 is 0. The highest BCUT2D eigenvalue weighted by atomic mass is 16.7. The summed E-state index contributed by atoms with van der Waals surface area (Å²) in [5, 5.41) is 3.27. The summed E-state index contributed by atoms with van der Waals surface area (Å²) in [5.74, 6) is -0.695. The number of nitrogens with one attached hydrogen (secondary N) is 1. The quantitative estimate of drug-likeness (QED) is 0.720. The molecule has 1 rings (SSSR count). The molecule has 0 amide bonds. The molecule has 1 aromatic rings. The average Bonchev–Trinajstić information content (AvgIpc) is 2.29. The summed E-state index contributed by atoms with van der Waals surface area (Å²) in [6.07, 6.45) is 0. The molecule has 0 saturated carbocycles. The highest BCUT2D eigenvalue weighted by Gasteiger charge is 2.23. The Morgan fingerprint density at radius 3 is 2.12 bits per heavy atom. The van der Waals surface area contributed by atoms with Gasteiger partial charge in [0.1, 0.15) is 0 Å². The van der Waals surface area contributed by atoms with Crippen molar-refractivity contribution in [3.05, 3.63) is 35.9 Å². The van der Waals surface area contributed by atoms with Gasteiger partial charge in [0.05, 0.1) is 0 Å². The number of hydrogen-bond acceptors (Lipinski definition) is 3. The monoisotopic (exact) mass is 223 g/mol. The molecule has 0 fully saturated rings. The van der Waals surface area contributed by atoms with E-state index < -0.39 is 5.91 Å². The van der Waals surface area contributed by atoms with Gasteiger partial charge in [-0.25, -0.2) is 0 Å². The SMILES string of the molecule is CCOC(C)(NCc1ccccc1)OCC. The molecule has 0 unspecified atom stereocenters. The maximum Gasteiger partial charge on any atom is 0.224 e. The van der Waals surface area contributed by atoms with E-state index in [1.165, 1.54) is 5.56 Å². The van der Waals surface area contributed by atoms with E-state index in [0.717, 1.165) is 6.54 Å². The Morgan fingerprint density at radius 1 is 1.06 bits per heavy atom. The van der Waals surface area contributed by atoms with Crippen molar-refractivity contribution in [2.24, 2.45) is 0 Å². The van der Waals surface area contributed by atoms with Gasteiger partial charge in [0.15, 0.2) is 0 Å². The molecular weight excluding hydrogens is 202 g/mol. The van der Waals surface area contributed by atoms with E-state index in [-0.39, 0.29) is 0 Å². The van der Waals surface area contributed by atoms with Gasteiger partial charge in [0.25, 0.3) is 0 Å². The average molecular weight is 223 g/mol. The largest absolute Gasteiger partial charge is 0.338 e. The van der Waals surface area contributed by atoms with Crippen molar-refractivity contribution >= 4 is 0 Å². The summed E-state index contributed by atoms with van der Waals surface area (Å²) in [4.78, 5) is 0. The van der Waals surface area contributed by atoms with Crippen LogP contribution >= 0.6 is 0 Å². The van der Waals surface area contributed by atoms with Gasteiger partial charge < -0.3 is 9.47 Å². The first-order valence-corrected chi connectivity index (χ1v) is 5.77. The van der Waals surface area contributed by atoms with Crippen LogP contribution in [-0.4, -0.2) is 19.1 Å². The van der Waals surface area contributed by atoms with E-state index in [1.807, 2.05) is 39.0 Å². The van der Waals surface area contributed by atoms with Crippen molar-refractivity contribution in [2.45, 2.75) is 33.2 Å². The number of benzene rings is 1. The second kappa shape index (κ2) is 6.63. The molecule has 0 atom stereocenters. The zero-order valence-electron chi connectivity index (χ0n) is 10.3. The van der Waals surface area contributed by atoms with Crippen LogP contribution in [0.15, 0.2) is 30.3 Å². The Hall–Kier alpha value is -0.900. The molecule has 0 aliphatic carbocycles. The normalized spacial score (nSPS) is 11.7. The van der Waals surface area contributed by atoms with Gasteiger partial charge in [-0.05, 0) is 19.4 Å².